The first-order valence-electron chi connectivity index (χ1n) is 5.14. The van der Waals surface area contributed by atoms with Crippen LogP contribution < -0.4 is 4.90 Å². The molecule has 0 spiro atoms. The van der Waals surface area contributed by atoms with E-state index in [1.807, 2.05) is 6.07 Å². The van der Waals surface area contributed by atoms with Gasteiger partial charge in [0.05, 0.1) is 11.6 Å². The molecule has 1 saturated heterocycles. The molecule has 1 aromatic carbocycles. The predicted molar refractivity (Wildman–Crippen MR) is 57.1 cm³/mol. The zero-order valence-electron chi connectivity index (χ0n) is 8.70. The van der Waals surface area contributed by atoms with Gasteiger partial charge in [-0.3, -0.25) is 0 Å². The van der Waals surface area contributed by atoms with Crippen molar-refractivity contribution in [1.29, 1.82) is 5.26 Å². The first-order chi connectivity index (χ1) is 7.19. The Hall–Kier alpha value is -1.56. The van der Waals surface area contributed by atoms with Gasteiger partial charge in [0.15, 0.2) is 0 Å². The van der Waals surface area contributed by atoms with Crippen molar-refractivity contribution in [2.45, 2.75) is 13.3 Å². The Morgan fingerprint density at radius 2 is 2.27 bits per heavy atom. The third-order valence-electron chi connectivity index (χ3n) is 2.80. The molecule has 1 aliphatic heterocycles. The number of rotatable bonds is 1. The lowest BCUT2D eigenvalue weighted by Crippen LogP contribution is -2.19. The molecule has 1 fully saturated rings. The second-order valence-electron chi connectivity index (χ2n) is 4.15. The largest absolute Gasteiger partial charge is 0.371 e. The Kier molecular flexibility index (Phi) is 2.59. The molecule has 0 aliphatic carbocycles. The van der Waals surface area contributed by atoms with Gasteiger partial charge in [-0.05, 0) is 30.5 Å². The molecule has 0 bridgehead atoms. The van der Waals surface area contributed by atoms with Crippen LogP contribution in [0.1, 0.15) is 18.9 Å². The van der Waals surface area contributed by atoms with Gasteiger partial charge < -0.3 is 4.90 Å². The van der Waals surface area contributed by atoms with Gasteiger partial charge in [-0.25, -0.2) is 4.39 Å². The molecule has 1 aromatic rings. The fourth-order valence-electron chi connectivity index (χ4n) is 1.99. The zero-order chi connectivity index (χ0) is 10.8. The van der Waals surface area contributed by atoms with Crippen LogP contribution in [0.15, 0.2) is 18.2 Å². The van der Waals surface area contributed by atoms with Gasteiger partial charge in [0.2, 0.25) is 0 Å². The van der Waals surface area contributed by atoms with Crippen LogP contribution in [0.3, 0.4) is 0 Å². The average molecular weight is 204 g/mol. The number of nitriles is 1. The normalized spacial score (nSPS) is 20.3. The van der Waals surface area contributed by atoms with E-state index in [1.54, 1.807) is 6.07 Å². The van der Waals surface area contributed by atoms with E-state index in [2.05, 4.69) is 11.8 Å². The molecular weight excluding hydrogens is 191 g/mol. The van der Waals surface area contributed by atoms with Crippen molar-refractivity contribution in [3.8, 4) is 6.07 Å². The molecule has 0 amide bonds. The lowest BCUT2D eigenvalue weighted by atomic mass is 10.2. The van der Waals surface area contributed by atoms with Crippen molar-refractivity contribution in [3.63, 3.8) is 0 Å². The lowest BCUT2D eigenvalue weighted by Gasteiger charge is -2.18. The van der Waals surface area contributed by atoms with Gasteiger partial charge in [0.1, 0.15) is 5.82 Å². The SMILES string of the molecule is CC1CCN(c2cc(F)cc(C#N)c2)C1. The highest BCUT2D eigenvalue weighted by Gasteiger charge is 2.19. The first kappa shape index (κ1) is 9.97. The van der Waals surface area contributed by atoms with Crippen molar-refractivity contribution >= 4 is 5.69 Å². The number of anilines is 1. The van der Waals surface area contributed by atoms with Gasteiger partial charge in [-0.15, -0.1) is 0 Å². The molecule has 0 saturated carbocycles. The summed E-state index contributed by atoms with van der Waals surface area (Å²) in [6.07, 6.45) is 1.14. The monoisotopic (exact) mass is 204 g/mol. The number of benzene rings is 1. The van der Waals surface area contributed by atoms with E-state index in [-0.39, 0.29) is 5.82 Å². The quantitative estimate of drug-likeness (QED) is 0.703. The minimum Gasteiger partial charge on any atom is -0.371 e. The summed E-state index contributed by atoms with van der Waals surface area (Å²) in [6.45, 7) is 4.09. The number of hydrogen-bond donors (Lipinski definition) is 0. The van der Waals surface area contributed by atoms with Gasteiger partial charge in [0, 0.05) is 18.8 Å². The van der Waals surface area contributed by atoms with Crippen LogP contribution in [-0.2, 0) is 0 Å². The van der Waals surface area contributed by atoms with Gasteiger partial charge in [0.25, 0.3) is 0 Å². The molecule has 1 aliphatic rings. The summed E-state index contributed by atoms with van der Waals surface area (Å²) >= 11 is 0. The third-order valence-corrected chi connectivity index (χ3v) is 2.80. The maximum Gasteiger partial charge on any atom is 0.126 e. The smallest absolute Gasteiger partial charge is 0.126 e. The van der Waals surface area contributed by atoms with Crippen LogP contribution in [-0.4, -0.2) is 13.1 Å². The number of nitrogens with zero attached hydrogens (tertiary/aromatic N) is 2. The van der Waals surface area contributed by atoms with Gasteiger partial charge in [-0.2, -0.15) is 5.26 Å². The summed E-state index contributed by atoms with van der Waals surface area (Å²) in [6, 6.07) is 6.49. The van der Waals surface area contributed by atoms with Crippen LogP contribution in [0.4, 0.5) is 10.1 Å². The summed E-state index contributed by atoms with van der Waals surface area (Å²) in [4.78, 5) is 2.13. The standard InChI is InChI=1S/C12H13FN2/c1-9-2-3-15(8-9)12-5-10(7-14)4-11(13)6-12/h4-6,9H,2-3,8H2,1H3. The summed E-state index contributed by atoms with van der Waals surface area (Å²) < 4.78 is 13.2. The molecule has 15 heavy (non-hydrogen) atoms. The molecule has 1 unspecified atom stereocenters. The Morgan fingerprint density at radius 1 is 1.47 bits per heavy atom. The Bertz CT molecular complexity index is 409. The minimum atomic E-state index is -0.330. The van der Waals surface area contributed by atoms with Gasteiger partial charge >= 0.3 is 0 Å². The molecule has 2 rings (SSSR count). The molecule has 0 N–H and O–H groups in total. The highest BCUT2D eigenvalue weighted by atomic mass is 19.1. The van der Waals surface area contributed by atoms with Crippen molar-refractivity contribution in [3.05, 3.63) is 29.6 Å². The van der Waals surface area contributed by atoms with Crippen LogP contribution in [0.2, 0.25) is 0 Å². The maximum absolute atomic E-state index is 13.2. The molecular formula is C12H13FN2. The van der Waals surface area contributed by atoms with Crippen molar-refractivity contribution < 1.29 is 4.39 Å². The average Bonchev–Trinajstić information content (AvgIpc) is 2.64. The van der Waals surface area contributed by atoms with E-state index in [9.17, 15) is 4.39 Å². The summed E-state index contributed by atoms with van der Waals surface area (Å²) in [7, 11) is 0. The van der Waals surface area contributed by atoms with E-state index >= 15 is 0 Å². The fraction of sp³-hybridized carbons (Fsp3) is 0.417. The lowest BCUT2D eigenvalue weighted by molar-refractivity contribution is 0.626. The number of halogens is 1. The Balaban J connectivity index is 2.29. The highest BCUT2D eigenvalue weighted by molar-refractivity contribution is 5.52. The predicted octanol–water partition coefficient (Wildman–Crippen LogP) is 2.54. The van der Waals surface area contributed by atoms with E-state index in [4.69, 9.17) is 5.26 Å². The Morgan fingerprint density at radius 3 is 2.87 bits per heavy atom. The Labute approximate surface area is 88.9 Å². The third kappa shape index (κ3) is 2.10. The van der Waals surface area contributed by atoms with Gasteiger partial charge in [-0.1, -0.05) is 6.92 Å². The topological polar surface area (TPSA) is 27.0 Å². The first-order valence-corrected chi connectivity index (χ1v) is 5.14. The van der Waals surface area contributed by atoms with Crippen LogP contribution >= 0.6 is 0 Å². The summed E-state index contributed by atoms with van der Waals surface area (Å²) in [5.41, 5.74) is 1.22. The van der Waals surface area contributed by atoms with Crippen molar-refractivity contribution in [2.24, 2.45) is 5.92 Å². The van der Waals surface area contributed by atoms with E-state index in [1.165, 1.54) is 12.1 Å². The zero-order valence-corrected chi connectivity index (χ0v) is 8.70. The van der Waals surface area contributed by atoms with E-state index in [0.717, 1.165) is 25.2 Å². The highest BCUT2D eigenvalue weighted by Crippen LogP contribution is 2.25. The fourth-order valence-corrected chi connectivity index (χ4v) is 1.99. The molecule has 3 heteroatoms. The molecule has 78 valence electrons. The van der Waals surface area contributed by atoms with Crippen LogP contribution in [0.25, 0.3) is 0 Å². The molecule has 2 nitrogen and oxygen atoms in total. The van der Waals surface area contributed by atoms with E-state index < -0.39 is 0 Å². The van der Waals surface area contributed by atoms with Crippen LogP contribution in [0, 0.1) is 23.1 Å². The number of hydrogen-bond acceptors (Lipinski definition) is 2. The van der Waals surface area contributed by atoms with E-state index in [0.29, 0.717) is 11.5 Å². The second-order valence-corrected chi connectivity index (χ2v) is 4.15. The van der Waals surface area contributed by atoms with Crippen molar-refractivity contribution in [1.82, 2.24) is 0 Å². The summed E-state index contributed by atoms with van der Waals surface area (Å²) in [5.74, 6) is 0.322. The molecule has 0 radical (unpaired) electrons. The van der Waals surface area contributed by atoms with Crippen LogP contribution in [0.5, 0.6) is 0 Å². The minimum absolute atomic E-state index is 0.330. The maximum atomic E-state index is 13.2. The molecule has 1 heterocycles. The molecule has 1 atom stereocenters. The second kappa shape index (κ2) is 3.90. The molecule has 0 aromatic heterocycles. The van der Waals surface area contributed by atoms with Crippen molar-refractivity contribution in [2.75, 3.05) is 18.0 Å². The summed E-state index contributed by atoms with van der Waals surface area (Å²) in [5, 5.41) is 8.75.